The van der Waals surface area contributed by atoms with E-state index in [1.807, 2.05) is 23.6 Å². The molecule has 0 fully saturated rings. The van der Waals surface area contributed by atoms with Crippen molar-refractivity contribution in [1.29, 1.82) is 0 Å². The maximum Gasteiger partial charge on any atom is 0.236 e. The van der Waals surface area contributed by atoms with Gasteiger partial charge >= 0.3 is 0 Å². The van der Waals surface area contributed by atoms with Crippen molar-refractivity contribution >= 4 is 50.5 Å². The molecule has 0 aliphatic heterocycles. The lowest BCUT2D eigenvalue weighted by atomic mass is 10.2. The van der Waals surface area contributed by atoms with Crippen molar-refractivity contribution in [2.24, 2.45) is 0 Å². The van der Waals surface area contributed by atoms with Gasteiger partial charge in [0.2, 0.25) is 11.8 Å². The van der Waals surface area contributed by atoms with Gasteiger partial charge < -0.3 is 9.73 Å². The molecule has 4 nitrogen and oxygen atoms in total. The average Bonchev–Trinajstić information content (AvgIpc) is 3.13. The van der Waals surface area contributed by atoms with Crippen LogP contribution in [-0.2, 0) is 11.2 Å². The summed E-state index contributed by atoms with van der Waals surface area (Å²) in [6.07, 6.45) is 0.132. The first-order valence-electron chi connectivity index (χ1n) is 6.78. The number of carbonyl (C=O) groups is 1. The lowest BCUT2D eigenvalue weighted by Gasteiger charge is -2.06. The minimum atomic E-state index is -0.191. The van der Waals surface area contributed by atoms with E-state index in [2.05, 4.69) is 26.2 Å². The van der Waals surface area contributed by atoms with Crippen LogP contribution in [0.4, 0.5) is 5.69 Å². The van der Waals surface area contributed by atoms with Crippen LogP contribution in [-0.4, -0.2) is 10.9 Å². The van der Waals surface area contributed by atoms with Gasteiger partial charge in [-0.15, -0.1) is 11.3 Å². The van der Waals surface area contributed by atoms with Crippen molar-refractivity contribution in [3.05, 3.63) is 56.7 Å². The first-order chi connectivity index (χ1) is 11.0. The second-order valence-corrected chi connectivity index (χ2v) is 7.12. The van der Waals surface area contributed by atoms with Crippen molar-refractivity contribution in [3.63, 3.8) is 0 Å². The lowest BCUT2D eigenvalue weighted by Crippen LogP contribution is -2.15. The van der Waals surface area contributed by atoms with Gasteiger partial charge in [0.15, 0.2) is 0 Å². The number of carbonyl (C=O) groups excluding carboxylic acids is 1. The van der Waals surface area contributed by atoms with E-state index in [0.29, 0.717) is 28.1 Å². The molecule has 3 rings (SSSR count). The number of hydrogen-bond acceptors (Lipinski definition) is 4. The van der Waals surface area contributed by atoms with Crippen molar-refractivity contribution in [1.82, 2.24) is 4.98 Å². The molecule has 0 aliphatic rings. The van der Waals surface area contributed by atoms with Crippen LogP contribution < -0.4 is 5.32 Å². The third-order valence-electron chi connectivity index (χ3n) is 3.16. The summed E-state index contributed by atoms with van der Waals surface area (Å²) in [6.45, 7) is 1.80. The van der Waals surface area contributed by atoms with Gasteiger partial charge in [-0.05, 0) is 36.6 Å². The monoisotopic (exact) mass is 410 g/mol. The molecule has 1 amide bonds. The predicted octanol–water partition coefficient (Wildman–Crippen LogP) is 5.31. The molecular formula is C16H12BrClN2O2S. The third kappa shape index (κ3) is 3.83. The Bertz CT molecular complexity index is 846. The molecule has 1 aromatic carbocycles. The van der Waals surface area contributed by atoms with Crippen LogP contribution in [0.5, 0.6) is 0 Å². The van der Waals surface area contributed by atoms with E-state index in [-0.39, 0.29) is 12.3 Å². The molecule has 0 unspecified atom stereocenters. The van der Waals surface area contributed by atoms with Crippen LogP contribution in [0.15, 0.2) is 44.6 Å². The number of hydrogen-bond donors (Lipinski definition) is 1. The van der Waals surface area contributed by atoms with E-state index in [4.69, 9.17) is 16.0 Å². The van der Waals surface area contributed by atoms with E-state index >= 15 is 0 Å². The smallest absolute Gasteiger partial charge is 0.236 e. The Balaban J connectivity index is 1.73. The zero-order valence-corrected chi connectivity index (χ0v) is 15.3. The molecule has 2 aromatic heterocycles. The van der Waals surface area contributed by atoms with Crippen LogP contribution in [0.1, 0.15) is 11.5 Å². The molecule has 0 saturated heterocycles. The quantitative estimate of drug-likeness (QED) is 0.633. The molecule has 2 heterocycles. The maximum absolute atomic E-state index is 12.2. The maximum atomic E-state index is 12.2. The standard InChI is InChI=1S/C16H12BrClN2O2S/c1-9-13(20-16(22-9)14-3-2-6-23-14)8-15(21)19-12-5-4-10(17)7-11(12)18/h2-7H,8H2,1H3,(H,19,21). The highest BCUT2D eigenvalue weighted by Crippen LogP contribution is 2.27. The Morgan fingerprint density at radius 2 is 2.26 bits per heavy atom. The van der Waals surface area contributed by atoms with Crippen LogP contribution in [0.25, 0.3) is 10.8 Å². The van der Waals surface area contributed by atoms with Crippen LogP contribution in [0.3, 0.4) is 0 Å². The van der Waals surface area contributed by atoms with Gasteiger partial charge in [-0.25, -0.2) is 4.98 Å². The molecule has 118 valence electrons. The van der Waals surface area contributed by atoms with Gasteiger partial charge in [0.1, 0.15) is 5.76 Å². The number of aryl methyl sites for hydroxylation is 1. The molecule has 0 atom stereocenters. The van der Waals surface area contributed by atoms with Crippen molar-refractivity contribution in [2.75, 3.05) is 5.32 Å². The molecule has 7 heteroatoms. The average molecular weight is 412 g/mol. The first kappa shape index (κ1) is 16.2. The fourth-order valence-electron chi connectivity index (χ4n) is 2.04. The number of nitrogens with one attached hydrogen (secondary N) is 1. The highest BCUT2D eigenvalue weighted by molar-refractivity contribution is 9.10. The van der Waals surface area contributed by atoms with Gasteiger partial charge in [-0.2, -0.15) is 0 Å². The molecule has 0 radical (unpaired) electrons. The Hall–Kier alpha value is -1.63. The van der Waals surface area contributed by atoms with Gasteiger partial charge in [-0.1, -0.05) is 33.6 Å². The highest BCUT2D eigenvalue weighted by atomic mass is 79.9. The van der Waals surface area contributed by atoms with Gasteiger partial charge in [-0.3, -0.25) is 4.79 Å². The van der Waals surface area contributed by atoms with Crippen molar-refractivity contribution in [3.8, 4) is 10.8 Å². The number of rotatable bonds is 4. The minimum absolute atomic E-state index is 0.132. The summed E-state index contributed by atoms with van der Waals surface area (Å²) in [7, 11) is 0. The van der Waals surface area contributed by atoms with Gasteiger partial charge in [0.05, 0.1) is 27.7 Å². The fraction of sp³-hybridized carbons (Fsp3) is 0.125. The number of anilines is 1. The third-order valence-corrected chi connectivity index (χ3v) is 4.82. The Labute approximate surface area is 150 Å². The first-order valence-corrected chi connectivity index (χ1v) is 8.83. The highest BCUT2D eigenvalue weighted by Gasteiger charge is 2.16. The molecule has 0 saturated carbocycles. The predicted molar refractivity (Wildman–Crippen MR) is 96.0 cm³/mol. The fourth-order valence-corrected chi connectivity index (χ4v) is 3.40. The number of benzene rings is 1. The number of thiophene rings is 1. The summed E-state index contributed by atoms with van der Waals surface area (Å²) in [5.74, 6) is 0.996. The van der Waals surface area contributed by atoms with Gasteiger partial charge in [0.25, 0.3) is 0 Å². The molecule has 0 bridgehead atoms. The normalized spacial score (nSPS) is 10.7. The molecule has 23 heavy (non-hydrogen) atoms. The molecule has 1 N–H and O–H groups in total. The summed E-state index contributed by atoms with van der Waals surface area (Å²) in [4.78, 5) is 17.6. The van der Waals surface area contributed by atoms with Crippen molar-refractivity contribution < 1.29 is 9.21 Å². The molecule has 3 aromatic rings. The van der Waals surface area contributed by atoms with E-state index in [9.17, 15) is 4.79 Å². The van der Waals surface area contributed by atoms with Crippen molar-refractivity contribution in [2.45, 2.75) is 13.3 Å². The zero-order chi connectivity index (χ0) is 16.4. The van der Waals surface area contributed by atoms with E-state index in [1.165, 1.54) is 0 Å². The minimum Gasteiger partial charge on any atom is -0.440 e. The SMILES string of the molecule is Cc1oc(-c2cccs2)nc1CC(=O)Nc1ccc(Br)cc1Cl. The molecule has 0 spiro atoms. The number of amides is 1. The van der Waals surface area contributed by atoms with E-state index < -0.39 is 0 Å². The van der Waals surface area contributed by atoms with Crippen LogP contribution in [0.2, 0.25) is 5.02 Å². The van der Waals surface area contributed by atoms with Crippen LogP contribution in [0, 0.1) is 6.92 Å². The number of oxazole rings is 1. The van der Waals surface area contributed by atoms with Gasteiger partial charge in [0, 0.05) is 4.47 Å². The summed E-state index contributed by atoms with van der Waals surface area (Å²) >= 11 is 11.0. The second kappa shape index (κ2) is 6.86. The number of aromatic nitrogens is 1. The molecule has 0 aliphatic carbocycles. The summed E-state index contributed by atoms with van der Waals surface area (Å²) in [6, 6.07) is 9.16. The Morgan fingerprint density at radius 1 is 1.43 bits per heavy atom. The van der Waals surface area contributed by atoms with E-state index in [1.54, 1.807) is 30.4 Å². The summed E-state index contributed by atoms with van der Waals surface area (Å²) in [5, 5.41) is 5.22. The summed E-state index contributed by atoms with van der Waals surface area (Å²) in [5.41, 5.74) is 1.19. The largest absolute Gasteiger partial charge is 0.440 e. The lowest BCUT2D eigenvalue weighted by molar-refractivity contribution is -0.115. The summed E-state index contributed by atoms with van der Waals surface area (Å²) < 4.78 is 6.49. The number of nitrogens with zero attached hydrogens (tertiary/aromatic N) is 1. The second-order valence-electron chi connectivity index (χ2n) is 4.85. The number of halogens is 2. The Kier molecular flexibility index (Phi) is 4.84. The van der Waals surface area contributed by atoms with Crippen LogP contribution >= 0.6 is 38.9 Å². The topological polar surface area (TPSA) is 55.1 Å². The van der Waals surface area contributed by atoms with E-state index in [0.717, 1.165) is 9.35 Å². The molecular weight excluding hydrogens is 400 g/mol. The zero-order valence-electron chi connectivity index (χ0n) is 12.1. The Morgan fingerprint density at radius 3 is 2.96 bits per heavy atom.